The molecule has 0 atom stereocenters. The largest absolute Gasteiger partial charge is 1.00 e. The summed E-state index contributed by atoms with van der Waals surface area (Å²) in [5.74, 6) is 0. The van der Waals surface area contributed by atoms with Crippen molar-refractivity contribution in [1.82, 2.24) is 9.80 Å². The smallest absolute Gasteiger partial charge is 0.308 e. The predicted octanol–water partition coefficient (Wildman–Crippen LogP) is -0.558. The molecule has 1 saturated carbocycles. The van der Waals surface area contributed by atoms with Crippen LogP contribution in [0, 0.1) is 59.8 Å². The van der Waals surface area contributed by atoms with Crippen LogP contribution in [0.2, 0.25) is 0 Å². The second-order valence-corrected chi connectivity index (χ2v) is 3.57. The number of hydrogen-bond donors (Lipinski definition) is 0. The zero-order chi connectivity index (χ0) is 14.1. The van der Waals surface area contributed by atoms with Crippen molar-refractivity contribution in [3.63, 3.8) is 0 Å². The molecule has 2 nitrogen and oxygen atoms in total. The Morgan fingerprint density at radius 3 is 0.895 bits per heavy atom. The van der Waals surface area contributed by atoms with Crippen LogP contribution in [0.25, 0.3) is 0 Å². The molecule has 1 rings (SSSR count). The van der Waals surface area contributed by atoms with Gasteiger partial charge in [-0.3, -0.25) is 0 Å². The van der Waals surface area contributed by atoms with E-state index in [4.69, 9.17) is 0 Å². The maximum Gasteiger partial charge on any atom is 1.00 e. The van der Waals surface area contributed by atoms with E-state index in [-0.39, 0.29) is 35.9 Å². The first-order valence-corrected chi connectivity index (χ1v) is 5.59. The van der Waals surface area contributed by atoms with E-state index in [9.17, 15) is 0 Å². The molecule has 0 aliphatic heterocycles. The molecule has 1 fully saturated rings. The molecule has 0 N–H and O–H groups in total. The van der Waals surface area contributed by atoms with Gasteiger partial charge >= 0.3 is 18.9 Å². The Balaban J connectivity index is -0.0000000519. The number of hydrogen-bond acceptors (Lipinski definition) is 2. The summed E-state index contributed by atoms with van der Waals surface area (Å²) >= 11 is 0. The van der Waals surface area contributed by atoms with Crippen molar-refractivity contribution >= 4 is 0 Å². The van der Waals surface area contributed by atoms with Gasteiger partial charge in [-0.05, 0) is 60.3 Å². The van der Waals surface area contributed by atoms with Gasteiger partial charge in [0.15, 0.2) is 0 Å². The average molecular weight is 300 g/mol. The molecule has 1 aliphatic rings. The van der Waals surface area contributed by atoms with Gasteiger partial charge in [0.1, 0.15) is 0 Å². The van der Waals surface area contributed by atoms with Crippen molar-refractivity contribution in [2.24, 2.45) is 0 Å². The predicted molar refractivity (Wildman–Crippen MR) is 80.0 cm³/mol. The third-order valence-corrected chi connectivity index (χ3v) is 1.55. The van der Waals surface area contributed by atoms with Crippen LogP contribution in [0.3, 0.4) is 0 Å². The normalized spacial score (nSPS) is 11.7. The van der Waals surface area contributed by atoms with Crippen molar-refractivity contribution in [3.8, 4) is 0 Å². The van der Waals surface area contributed by atoms with Crippen LogP contribution in [-0.4, -0.2) is 51.1 Å². The average Bonchev–Trinajstić information content (AvgIpc) is 2.90. The van der Waals surface area contributed by atoms with Crippen molar-refractivity contribution in [2.75, 3.05) is 41.3 Å². The minimum Gasteiger partial charge on any atom is -0.308 e. The summed E-state index contributed by atoms with van der Waals surface area (Å²) in [5.41, 5.74) is 0. The number of likely N-dealkylation sites (N-methyl/N-ethyl adjacent to an activating group) is 2. The molecule has 0 heterocycles. The van der Waals surface area contributed by atoms with Gasteiger partial charge < -0.3 is 9.80 Å². The minimum atomic E-state index is 0. The van der Waals surface area contributed by atoms with Crippen molar-refractivity contribution in [3.05, 3.63) is 59.8 Å². The summed E-state index contributed by atoms with van der Waals surface area (Å²) in [6, 6.07) is 0. The molecule has 0 bridgehead atoms. The van der Waals surface area contributed by atoms with Crippen LogP contribution >= 0.6 is 0 Å². The monoisotopic (exact) mass is 300 g/mol. The van der Waals surface area contributed by atoms with E-state index in [0.29, 0.717) is 0 Å². The van der Waals surface area contributed by atoms with Gasteiger partial charge in [0.05, 0.1) is 0 Å². The Morgan fingerprint density at radius 2 is 0.789 bits per heavy atom. The Hall–Kier alpha value is 1.04. The molecule has 0 aromatic rings. The zero-order valence-corrected chi connectivity index (χ0v) is 14.5. The fourth-order valence-electron chi connectivity index (χ4n) is 0.721. The molecule has 0 aromatic carbocycles. The zero-order valence-electron chi connectivity index (χ0n) is 13.4. The molecule has 0 spiro atoms. The molecule has 9 radical (unpaired) electrons. The Morgan fingerprint density at radius 1 is 0.632 bits per heavy atom. The second kappa shape index (κ2) is 31.4. The summed E-state index contributed by atoms with van der Waals surface area (Å²) in [6.07, 6.45) is 10.0. The molecular formula is C15H29FeLiN2+. The molecule has 1 aliphatic carbocycles. The Kier molecular flexibility index (Phi) is 53.1. The summed E-state index contributed by atoms with van der Waals surface area (Å²) in [4.78, 5) is 4.36. The standard InChI is InChI=1S/C6H16N2.C5H5.2C2H4.Fe.Li/c1-7(2)5-6-8(3)4;1-2-4-5-3-1;2*1-2;;/h5-6H2,1-4H3;1-5H;2*1-2H2;;/q;;;;;+1. The minimum absolute atomic E-state index is 0. The van der Waals surface area contributed by atoms with Gasteiger partial charge in [-0.25, -0.2) is 0 Å². The topological polar surface area (TPSA) is 6.48 Å². The molecule has 19 heavy (non-hydrogen) atoms. The quantitative estimate of drug-likeness (QED) is 0.645. The summed E-state index contributed by atoms with van der Waals surface area (Å²) in [5, 5.41) is 0. The number of nitrogens with zero attached hydrogens (tertiary/aromatic N) is 2. The molecule has 107 valence electrons. The molecular weight excluding hydrogens is 271 g/mol. The Bertz CT molecular complexity index is 92.7. The van der Waals surface area contributed by atoms with E-state index < -0.39 is 0 Å². The van der Waals surface area contributed by atoms with Crippen LogP contribution < -0.4 is 18.9 Å². The van der Waals surface area contributed by atoms with Crippen molar-refractivity contribution in [2.45, 2.75) is 0 Å². The van der Waals surface area contributed by atoms with Gasteiger partial charge in [-0.15, -0.1) is 0 Å². The maximum absolute atomic E-state index is 3.00. The van der Waals surface area contributed by atoms with Crippen LogP contribution in [0.4, 0.5) is 0 Å². The van der Waals surface area contributed by atoms with Gasteiger partial charge in [-0.2, -0.15) is 0 Å². The first kappa shape index (κ1) is 32.1. The van der Waals surface area contributed by atoms with Crippen LogP contribution in [0.15, 0.2) is 0 Å². The molecule has 4 heteroatoms. The van der Waals surface area contributed by atoms with Gasteiger partial charge in [0.2, 0.25) is 0 Å². The van der Waals surface area contributed by atoms with Gasteiger partial charge in [0.25, 0.3) is 0 Å². The van der Waals surface area contributed by atoms with Crippen molar-refractivity contribution < 1.29 is 35.9 Å². The van der Waals surface area contributed by atoms with E-state index in [1.807, 2.05) is 32.1 Å². The van der Waals surface area contributed by atoms with Gasteiger partial charge in [0, 0.05) is 30.2 Å². The van der Waals surface area contributed by atoms with Crippen LogP contribution in [0.1, 0.15) is 0 Å². The van der Waals surface area contributed by atoms with Crippen LogP contribution in [0.5, 0.6) is 0 Å². The Labute approximate surface area is 146 Å². The fourth-order valence-corrected chi connectivity index (χ4v) is 0.721. The molecule has 0 amide bonds. The summed E-state index contributed by atoms with van der Waals surface area (Å²) < 4.78 is 0. The van der Waals surface area contributed by atoms with Crippen molar-refractivity contribution in [1.29, 1.82) is 0 Å². The second-order valence-electron chi connectivity index (χ2n) is 3.57. The van der Waals surface area contributed by atoms with E-state index in [1.54, 1.807) is 0 Å². The molecule has 0 aromatic heterocycles. The first-order valence-electron chi connectivity index (χ1n) is 5.59. The van der Waals surface area contributed by atoms with E-state index in [0.717, 1.165) is 13.1 Å². The fraction of sp³-hybridized carbons (Fsp3) is 0.400. The molecule has 0 unspecified atom stereocenters. The maximum atomic E-state index is 3.00. The van der Waals surface area contributed by atoms with E-state index >= 15 is 0 Å². The SMILES string of the molecule is CN(C)CCN(C)C.[CH2][CH2].[CH2][CH2].[CH]1[CH][CH][CH][CH]1.[Fe].[Li+]. The van der Waals surface area contributed by atoms with Gasteiger partial charge in [-0.1, -0.05) is 27.7 Å². The molecule has 0 saturated heterocycles. The van der Waals surface area contributed by atoms with E-state index in [1.165, 1.54) is 0 Å². The first-order chi connectivity index (χ1) is 8.13. The third-order valence-electron chi connectivity index (χ3n) is 1.55. The third kappa shape index (κ3) is 45.4. The van der Waals surface area contributed by atoms with E-state index in [2.05, 4.69) is 65.7 Å². The summed E-state index contributed by atoms with van der Waals surface area (Å²) in [7, 11) is 8.35. The number of rotatable bonds is 3. The van der Waals surface area contributed by atoms with Crippen LogP contribution in [-0.2, 0) is 17.1 Å². The summed E-state index contributed by atoms with van der Waals surface area (Å²) in [6.45, 7) is 14.3.